The molecule has 188 valence electrons. The van der Waals surface area contributed by atoms with Crippen LogP contribution < -0.4 is 14.8 Å². The molecule has 5 aromatic rings. The quantitative estimate of drug-likeness (QED) is 0.274. The zero-order valence-electron chi connectivity index (χ0n) is 21.6. The van der Waals surface area contributed by atoms with E-state index in [9.17, 15) is 4.79 Å². The van der Waals surface area contributed by atoms with Crippen LogP contribution in [0.1, 0.15) is 32.2 Å². The van der Waals surface area contributed by atoms with Gasteiger partial charge in [-0.25, -0.2) is 4.98 Å². The van der Waals surface area contributed by atoms with Gasteiger partial charge < -0.3 is 19.4 Å². The number of imidazole rings is 1. The highest BCUT2D eigenvalue weighted by atomic mass is 16.5. The first kappa shape index (κ1) is 24.4. The van der Waals surface area contributed by atoms with Crippen molar-refractivity contribution in [3.63, 3.8) is 0 Å². The maximum Gasteiger partial charge on any atom is 0.244 e. The van der Waals surface area contributed by atoms with Crippen LogP contribution in [-0.4, -0.2) is 22.6 Å². The average Bonchev–Trinajstić information content (AvgIpc) is 3.23. The summed E-state index contributed by atoms with van der Waals surface area (Å²) in [4.78, 5) is 18.1. The molecule has 0 radical (unpaired) electrons. The first-order valence-electron chi connectivity index (χ1n) is 12.4. The van der Waals surface area contributed by atoms with E-state index in [1.54, 1.807) is 7.11 Å². The number of aromatic nitrogens is 2. The molecule has 0 atom stereocenters. The van der Waals surface area contributed by atoms with Crippen molar-refractivity contribution in [2.45, 2.75) is 39.3 Å². The number of ether oxygens (including phenoxy) is 2. The van der Waals surface area contributed by atoms with Crippen LogP contribution in [0.5, 0.6) is 11.5 Å². The molecule has 1 N–H and O–H groups in total. The minimum absolute atomic E-state index is 0.0571. The monoisotopic (exact) mass is 493 g/mol. The molecular weight excluding hydrogens is 462 g/mol. The SMILES string of the molecule is COc1ccc(C(C)(C)C)cc1NC(=O)Cn1c(COc2cccc3ccccc23)nc2ccccc21. The average molecular weight is 494 g/mol. The van der Waals surface area contributed by atoms with Crippen molar-refractivity contribution in [2.24, 2.45) is 0 Å². The highest BCUT2D eigenvalue weighted by Gasteiger charge is 2.19. The second-order valence-corrected chi connectivity index (χ2v) is 10.1. The molecule has 1 heterocycles. The Morgan fingerprint density at radius 2 is 1.68 bits per heavy atom. The maximum absolute atomic E-state index is 13.3. The molecule has 6 heteroatoms. The summed E-state index contributed by atoms with van der Waals surface area (Å²) in [6, 6.07) is 27.8. The molecule has 1 amide bonds. The van der Waals surface area contributed by atoms with Gasteiger partial charge in [0.05, 0.1) is 23.8 Å². The number of nitrogens with zero attached hydrogens (tertiary/aromatic N) is 2. The third kappa shape index (κ3) is 5.14. The van der Waals surface area contributed by atoms with E-state index in [1.807, 2.05) is 77.4 Å². The zero-order valence-corrected chi connectivity index (χ0v) is 21.6. The number of fused-ring (bicyclic) bond motifs is 2. The predicted molar refractivity (Wildman–Crippen MR) is 148 cm³/mol. The Balaban J connectivity index is 1.42. The van der Waals surface area contributed by atoms with Crippen LogP contribution in [0.3, 0.4) is 0 Å². The number of anilines is 1. The molecule has 0 aliphatic rings. The molecule has 0 fully saturated rings. The van der Waals surface area contributed by atoms with Crippen LogP contribution in [0.15, 0.2) is 84.9 Å². The third-order valence-electron chi connectivity index (χ3n) is 6.48. The highest BCUT2D eigenvalue weighted by molar-refractivity contribution is 5.93. The van der Waals surface area contributed by atoms with Gasteiger partial charge in [0.2, 0.25) is 5.91 Å². The number of carbonyl (C=O) groups excluding carboxylic acids is 1. The normalized spacial score (nSPS) is 11.6. The number of hydrogen-bond donors (Lipinski definition) is 1. The molecular formula is C31H31N3O3. The van der Waals surface area contributed by atoms with Gasteiger partial charge in [-0.3, -0.25) is 4.79 Å². The van der Waals surface area contributed by atoms with Gasteiger partial charge in [-0.2, -0.15) is 0 Å². The smallest absolute Gasteiger partial charge is 0.244 e. The number of benzene rings is 4. The standard InChI is InChI=1S/C31H31N3O3/c1-31(2,3)22-16-17-28(36-4)25(18-22)33-30(35)19-34-26-14-8-7-13-24(26)32-29(34)20-37-27-15-9-11-21-10-5-6-12-23(21)27/h5-18H,19-20H2,1-4H3,(H,33,35). The van der Waals surface area contributed by atoms with Crippen molar-refractivity contribution >= 4 is 33.4 Å². The Bertz CT molecular complexity index is 1580. The Hall–Kier alpha value is -4.32. The number of para-hydroxylation sites is 2. The van der Waals surface area contributed by atoms with E-state index in [-0.39, 0.29) is 24.5 Å². The van der Waals surface area contributed by atoms with Crippen molar-refractivity contribution in [3.05, 3.63) is 96.3 Å². The van der Waals surface area contributed by atoms with Crippen molar-refractivity contribution in [3.8, 4) is 11.5 Å². The third-order valence-corrected chi connectivity index (χ3v) is 6.48. The molecule has 0 aliphatic heterocycles. The topological polar surface area (TPSA) is 65.4 Å². The summed E-state index contributed by atoms with van der Waals surface area (Å²) in [6.45, 7) is 6.75. The van der Waals surface area contributed by atoms with E-state index in [4.69, 9.17) is 14.5 Å². The summed E-state index contributed by atoms with van der Waals surface area (Å²) < 4.78 is 13.7. The van der Waals surface area contributed by atoms with Crippen LogP contribution >= 0.6 is 0 Å². The second-order valence-electron chi connectivity index (χ2n) is 10.1. The van der Waals surface area contributed by atoms with Crippen molar-refractivity contribution in [2.75, 3.05) is 12.4 Å². The van der Waals surface area contributed by atoms with Crippen molar-refractivity contribution in [1.29, 1.82) is 0 Å². The fourth-order valence-corrected chi connectivity index (χ4v) is 4.48. The zero-order chi connectivity index (χ0) is 26.0. The van der Waals surface area contributed by atoms with Gasteiger partial charge in [0, 0.05) is 5.39 Å². The Labute approximate surface area is 216 Å². The van der Waals surface area contributed by atoms with E-state index >= 15 is 0 Å². The maximum atomic E-state index is 13.3. The lowest BCUT2D eigenvalue weighted by molar-refractivity contribution is -0.116. The number of hydrogen-bond acceptors (Lipinski definition) is 4. The molecule has 0 bridgehead atoms. The van der Waals surface area contributed by atoms with Gasteiger partial charge in [0.15, 0.2) is 0 Å². The van der Waals surface area contributed by atoms with E-state index < -0.39 is 0 Å². The van der Waals surface area contributed by atoms with Gasteiger partial charge in [0.25, 0.3) is 0 Å². The van der Waals surface area contributed by atoms with Gasteiger partial charge in [0.1, 0.15) is 30.5 Å². The number of nitrogens with one attached hydrogen (secondary N) is 1. The summed E-state index contributed by atoms with van der Waals surface area (Å²) in [5.74, 6) is 1.92. The largest absolute Gasteiger partial charge is 0.495 e. The molecule has 5 rings (SSSR count). The summed E-state index contributed by atoms with van der Waals surface area (Å²) in [5.41, 5.74) is 3.40. The van der Waals surface area contributed by atoms with Gasteiger partial charge in [-0.1, -0.05) is 75.4 Å². The molecule has 1 aromatic heterocycles. The number of carbonyl (C=O) groups is 1. The summed E-state index contributed by atoms with van der Waals surface area (Å²) >= 11 is 0. The molecule has 0 unspecified atom stereocenters. The molecule has 0 aliphatic carbocycles. The van der Waals surface area contributed by atoms with Gasteiger partial charge in [-0.15, -0.1) is 0 Å². The van der Waals surface area contributed by atoms with E-state index in [1.165, 1.54) is 0 Å². The lowest BCUT2D eigenvalue weighted by atomic mass is 9.87. The Morgan fingerprint density at radius 3 is 2.49 bits per heavy atom. The first-order chi connectivity index (χ1) is 17.8. The molecule has 37 heavy (non-hydrogen) atoms. The van der Waals surface area contributed by atoms with E-state index in [0.29, 0.717) is 17.3 Å². The molecule has 6 nitrogen and oxygen atoms in total. The van der Waals surface area contributed by atoms with Gasteiger partial charge in [-0.05, 0) is 46.7 Å². The Kier molecular flexibility index (Phi) is 6.57. The van der Waals surface area contributed by atoms with Crippen LogP contribution in [-0.2, 0) is 23.4 Å². The van der Waals surface area contributed by atoms with Crippen LogP contribution in [0.4, 0.5) is 5.69 Å². The summed E-state index contributed by atoms with van der Waals surface area (Å²) in [6.07, 6.45) is 0. The highest BCUT2D eigenvalue weighted by Crippen LogP contribution is 2.32. The number of methoxy groups -OCH3 is 1. The lowest BCUT2D eigenvalue weighted by Crippen LogP contribution is -2.21. The lowest BCUT2D eigenvalue weighted by Gasteiger charge is -2.21. The van der Waals surface area contributed by atoms with E-state index in [0.717, 1.165) is 33.1 Å². The second kappa shape index (κ2) is 9.97. The summed E-state index contributed by atoms with van der Waals surface area (Å²) in [7, 11) is 1.61. The molecule has 0 saturated heterocycles. The molecule has 0 spiro atoms. The van der Waals surface area contributed by atoms with Gasteiger partial charge >= 0.3 is 0 Å². The Morgan fingerprint density at radius 1 is 0.919 bits per heavy atom. The predicted octanol–water partition coefficient (Wildman–Crippen LogP) is 6.71. The number of amides is 1. The molecule has 4 aromatic carbocycles. The minimum atomic E-state index is -0.168. The van der Waals surface area contributed by atoms with Crippen molar-refractivity contribution in [1.82, 2.24) is 9.55 Å². The fraction of sp³-hybridized carbons (Fsp3) is 0.226. The van der Waals surface area contributed by atoms with Crippen LogP contribution in [0, 0.1) is 0 Å². The number of rotatable bonds is 7. The summed E-state index contributed by atoms with van der Waals surface area (Å²) in [5, 5.41) is 5.20. The van der Waals surface area contributed by atoms with Crippen molar-refractivity contribution < 1.29 is 14.3 Å². The first-order valence-corrected chi connectivity index (χ1v) is 12.4. The minimum Gasteiger partial charge on any atom is -0.495 e. The van der Waals surface area contributed by atoms with Crippen LogP contribution in [0.2, 0.25) is 0 Å². The fourth-order valence-electron chi connectivity index (χ4n) is 4.48. The molecule has 0 saturated carbocycles. The van der Waals surface area contributed by atoms with Crippen LogP contribution in [0.25, 0.3) is 21.8 Å². The van der Waals surface area contributed by atoms with E-state index in [2.05, 4.69) is 38.2 Å².